The molecule has 1 heterocycles. The van der Waals surface area contributed by atoms with Crippen molar-refractivity contribution in [1.29, 1.82) is 0 Å². The molecule has 0 bridgehead atoms. The van der Waals surface area contributed by atoms with E-state index in [0.717, 1.165) is 17.7 Å². The number of hydrogen-bond acceptors (Lipinski definition) is 4. The smallest absolute Gasteiger partial charge is 0.223 e. The van der Waals surface area contributed by atoms with Crippen LogP contribution in [0.1, 0.15) is 24.0 Å². The molecule has 1 fully saturated rings. The van der Waals surface area contributed by atoms with E-state index >= 15 is 0 Å². The Bertz CT molecular complexity index is 681. The maximum Gasteiger partial charge on any atom is 0.223 e. The number of nitrogens with one attached hydrogen (secondary N) is 1. The Hall–Kier alpha value is -1.44. The average molecular weight is 368 g/mol. The number of likely N-dealkylation sites (N-methyl/N-ethyl adjacent to an activating group) is 1. The van der Waals surface area contributed by atoms with Gasteiger partial charge in [-0.3, -0.25) is 4.79 Å². The molecule has 1 N–H and O–H groups in total. The minimum atomic E-state index is -3.34. The van der Waals surface area contributed by atoms with Crippen LogP contribution in [0.15, 0.2) is 24.3 Å². The van der Waals surface area contributed by atoms with Crippen LogP contribution in [0.25, 0.3) is 0 Å². The van der Waals surface area contributed by atoms with Crippen molar-refractivity contribution in [3.05, 3.63) is 35.4 Å². The number of carbonyl (C=O) groups is 1. The predicted octanol–water partition coefficient (Wildman–Crippen LogP) is 1.21. The maximum atomic E-state index is 12.7. The zero-order valence-corrected chi connectivity index (χ0v) is 16.2. The molecule has 2 rings (SSSR count). The molecule has 1 aliphatic rings. The van der Waals surface area contributed by atoms with Crippen molar-refractivity contribution < 1.29 is 13.2 Å². The Labute approximate surface area is 151 Å². The maximum absolute atomic E-state index is 12.7. The lowest BCUT2D eigenvalue weighted by Gasteiger charge is -2.30. The first-order chi connectivity index (χ1) is 11.8. The normalized spacial score (nSPS) is 17.0. The molecule has 1 aliphatic heterocycles. The molecule has 0 saturated carbocycles. The van der Waals surface area contributed by atoms with Crippen molar-refractivity contribution >= 4 is 15.9 Å². The number of nitrogens with zero attached hydrogens (tertiary/aromatic N) is 2. The van der Waals surface area contributed by atoms with E-state index in [1.54, 1.807) is 0 Å². The Kier molecular flexibility index (Phi) is 6.98. The quantitative estimate of drug-likeness (QED) is 0.787. The van der Waals surface area contributed by atoms with E-state index in [1.807, 2.05) is 50.2 Å². The van der Waals surface area contributed by atoms with Gasteiger partial charge in [0, 0.05) is 32.1 Å². The van der Waals surface area contributed by atoms with Crippen molar-refractivity contribution in [2.24, 2.45) is 5.92 Å². The number of rotatable bonds is 7. The second-order valence-corrected chi connectivity index (χ2v) is 8.92. The highest BCUT2D eigenvalue weighted by molar-refractivity contribution is 7.88. The largest absolute Gasteiger partial charge is 0.355 e. The lowest BCUT2D eigenvalue weighted by atomic mass is 9.97. The third kappa shape index (κ3) is 5.80. The first-order valence-corrected chi connectivity index (χ1v) is 10.4. The van der Waals surface area contributed by atoms with Crippen molar-refractivity contribution in [2.75, 3.05) is 40.3 Å². The number of amides is 1. The van der Waals surface area contributed by atoms with Crippen molar-refractivity contribution in [1.82, 2.24) is 14.5 Å². The average Bonchev–Trinajstić information content (AvgIpc) is 2.56. The number of sulfonamides is 1. The van der Waals surface area contributed by atoms with E-state index in [0.29, 0.717) is 32.5 Å². The Balaban J connectivity index is 1.86. The lowest BCUT2D eigenvalue weighted by molar-refractivity contribution is -0.126. The summed E-state index contributed by atoms with van der Waals surface area (Å²) >= 11 is 0. The fourth-order valence-electron chi connectivity index (χ4n) is 3.00. The molecule has 1 aromatic rings. The van der Waals surface area contributed by atoms with Crippen molar-refractivity contribution in [3.8, 4) is 0 Å². The van der Waals surface area contributed by atoms with E-state index in [4.69, 9.17) is 0 Å². The first kappa shape index (κ1) is 19.9. The fourth-order valence-corrected chi connectivity index (χ4v) is 4.67. The van der Waals surface area contributed by atoms with Gasteiger partial charge >= 0.3 is 0 Å². The van der Waals surface area contributed by atoms with E-state index in [2.05, 4.69) is 5.32 Å². The van der Waals surface area contributed by atoms with Crippen LogP contribution in [-0.2, 0) is 20.6 Å². The van der Waals surface area contributed by atoms with Gasteiger partial charge in [0.2, 0.25) is 15.9 Å². The van der Waals surface area contributed by atoms with Gasteiger partial charge in [0.25, 0.3) is 0 Å². The molecule has 0 aromatic heterocycles. The molecular weight excluding hydrogens is 338 g/mol. The van der Waals surface area contributed by atoms with Gasteiger partial charge in [-0.1, -0.05) is 24.3 Å². The minimum absolute atomic E-state index is 0.0272. The Morgan fingerprint density at radius 1 is 1.24 bits per heavy atom. The summed E-state index contributed by atoms with van der Waals surface area (Å²) in [5, 5.41) is 2.94. The van der Waals surface area contributed by atoms with Crippen LogP contribution in [-0.4, -0.2) is 63.8 Å². The summed E-state index contributed by atoms with van der Waals surface area (Å²) in [6.07, 6.45) is 1.17. The molecular formula is C18H29N3O3S. The van der Waals surface area contributed by atoms with Crippen molar-refractivity contribution in [2.45, 2.75) is 25.5 Å². The van der Waals surface area contributed by atoms with E-state index < -0.39 is 10.0 Å². The second kappa shape index (κ2) is 8.78. The molecule has 0 atom stereocenters. The Morgan fingerprint density at radius 2 is 1.88 bits per heavy atom. The summed E-state index contributed by atoms with van der Waals surface area (Å²) < 4.78 is 26.8. The zero-order chi connectivity index (χ0) is 18.4. The minimum Gasteiger partial charge on any atom is -0.355 e. The van der Waals surface area contributed by atoms with Crippen LogP contribution in [0.3, 0.4) is 0 Å². The highest BCUT2D eigenvalue weighted by Gasteiger charge is 2.31. The predicted molar refractivity (Wildman–Crippen MR) is 99.7 cm³/mol. The molecule has 1 saturated heterocycles. The molecule has 0 spiro atoms. The van der Waals surface area contributed by atoms with Crippen LogP contribution >= 0.6 is 0 Å². The van der Waals surface area contributed by atoms with E-state index in [9.17, 15) is 13.2 Å². The topological polar surface area (TPSA) is 69.7 Å². The second-order valence-electron chi connectivity index (χ2n) is 6.95. The summed E-state index contributed by atoms with van der Waals surface area (Å²) in [5.74, 6) is -0.0239. The van der Waals surface area contributed by atoms with Gasteiger partial charge in [-0.15, -0.1) is 0 Å². The molecule has 0 unspecified atom stereocenters. The fraction of sp³-hybridized carbons (Fsp3) is 0.611. The number of benzene rings is 1. The van der Waals surface area contributed by atoms with Crippen molar-refractivity contribution in [3.63, 3.8) is 0 Å². The highest BCUT2D eigenvalue weighted by Crippen LogP contribution is 2.22. The lowest BCUT2D eigenvalue weighted by Crippen LogP contribution is -2.44. The Morgan fingerprint density at radius 3 is 2.48 bits per heavy atom. The first-order valence-electron chi connectivity index (χ1n) is 8.74. The number of carbonyl (C=O) groups excluding carboxylic acids is 1. The molecule has 6 nitrogen and oxygen atoms in total. The molecule has 0 aliphatic carbocycles. The number of aryl methyl sites for hydroxylation is 1. The van der Waals surface area contributed by atoms with Gasteiger partial charge in [0.1, 0.15) is 0 Å². The number of piperidine rings is 1. The summed E-state index contributed by atoms with van der Waals surface area (Å²) in [5.41, 5.74) is 1.83. The highest BCUT2D eigenvalue weighted by atomic mass is 32.2. The molecule has 25 heavy (non-hydrogen) atoms. The van der Waals surface area contributed by atoms with E-state index in [-0.39, 0.29) is 17.6 Å². The van der Waals surface area contributed by atoms with Gasteiger partial charge < -0.3 is 10.2 Å². The molecule has 7 heteroatoms. The molecule has 140 valence electrons. The van der Waals surface area contributed by atoms with Crippen LogP contribution in [0.4, 0.5) is 0 Å². The third-order valence-electron chi connectivity index (χ3n) is 4.68. The van der Waals surface area contributed by atoms with Crippen LogP contribution < -0.4 is 5.32 Å². The molecule has 1 amide bonds. The van der Waals surface area contributed by atoms with Gasteiger partial charge in [-0.2, -0.15) is 0 Å². The van der Waals surface area contributed by atoms with Gasteiger partial charge in [-0.25, -0.2) is 12.7 Å². The monoisotopic (exact) mass is 367 g/mol. The summed E-state index contributed by atoms with van der Waals surface area (Å²) in [6, 6.07) is 7.56. The SMILES string of the molecule is Cc1ccccc1CS(=O)(=O)N1CCC(C(=O)NCCN(C)C)CC1. The zero-order valence-electron chi connectivity index (χ0n) is 15.4. The van der Waals surface area contributed by atoms with Crippen LogP contribution in [0.5, 0.6) is 0 Å². The van der Waals surface area contributed by atoms with Crippen LogP contribution in [0, 0.1) is 12.8 Å². The number of hydrogen-bond donors (Lipinski definition) is 1. The summed E-state index contributed by atoms with van der Waals surface area (Å²) in [6.45, 7) is 4.18. The summed E-state index contributed by atoms with van der Waals surface area (Å²) in [4.78, 5) is 14.2. The molecule has 0 radical (unpaired) electrons. The van der Waals surface area contributed by atoms with Gasteiger partial charge in [0.15, 0.2) is 0 Å². The van der Waals surface area contributed by atoms with Crippen LogP contribution in [0.2, 0.25) is 0 Å². The van der Waals surface area contributed by atoms with Gasteiger partial charge in [0.05, 0.1) is 5.75 Å². The summed E-state index contributed by atoms with van der Waals surface area (Å²) in [7, 11) is 0.583. The standard InChI is InChI=1S/C18H29N3O3S/c1-15-6-4-5-7-17(15)14-25(23,24)21-11-8-16(9-12-21)18(22)19-10-13-20(2)3/h4-7,16H,8-14H2,1-3H3,(H,19,22). The third-order valence-corrected chi connectivity index (χ3v) is 6.50. The van der Waals surface area contributed by atoms with Gasteiger partial charge in [-0.05, 0) is 45.0 Å². The van der Waals surface area contributed by atoms with E-state index in [1.165, 1.54) is 4.31 Å². The molecule has 1 aromatic carbocycles.